The van der Waals surface area contributed by atoms with Gasteiger partial charge in [0.25, 0.3) is 5.91 Å². The van der Waals surface area contributed by atoms with Gasteiger partial charge >= 0.3 is 0 Å². The van der Waals surface area contributed by atoms with Crippen LogP contribution >= 0.6 is 11.8 Å². The van der Waals surface area contributed by atoms with Gasteiger partial charge < -0.3 is 5.32 Å². The number of hydrogen-bond acceptors (Lipinski definition) is 4. The average molecular weight is 287 g/mol. The van der Waals surface area contributed by atoms with E-state index in [0.717, 1.165) is 40.3 Å². The molecule has 1 atom stereocenters. The van der Waals surface area contributed by atoms with E-state index < -0.39 is 0 Å². The molecule has 1 aromatic carbocycles. The maximum absolute atomic E-state index is 12.2. The summed E-state index contributed by atoms with van der Waals surface area (Å²) >= 11 is 1.89. The van der Waals surface area contributed by atoms with E-state index in [2.05, 4.69) is 15.3 Å². The third kappa shape index (κ3) is 2.63. The smallest absolute Gasteiger partial charge is 0.251 e. The zero-order valence-electron chi connectivity index (χ0n) is 11.6. The van der Waals surface area contributed by atoms with Crippen LogP contribution in [0.1, 0.15) is 28.2 Å². The zero-order valence-corrected chi connectivity index (χ0v) is 12.5. The van der Waals surface area contributed by atoms with Crippen LogP contribution in [0.4, 0.5) is 0 Å². The van der Waals surface area contributed by atoms with E-state index in [1.807, 2.05) is 43.8 Å². The largest absolute Gasteiger partial charge is 0.348 e. The Kier molecular flexibility index (Phi) is 3.61. The van der Waals surface area contributed by atoms with Crippen molar-refractivity contribution in [1.82, 2.24) is 15.3 Å². The van der Waals surface area contributed by atoms with E-state index >= 15 is 0 Å². The molecule has 0 saturated carbocycles. The van der Waals surface area contributed by atoms with Crippen LogP contribution in [0.2, 0.25) is 0 Å². The van der Waals surface area contributed by atoms with Crippen LogP contribution in [-0.2, 0) is 0 Å². The molecule has 3 rings (SSSR count). The van der Waals surface area contributed by atoms with Gasteiger partial charge in [0.05, 0.1) is 22.4 Å². The summed E-state index contributed by atoms with van der Waals surface area (Å²) in [5.41, 5.74) is 4.11. The number of nitrogens with zero attached hydrogens (tertiary/aromatic N) is 2. The van der Waals surface area contributed by atoms with Crippen LogP contribution in [0.15, 0.2) is 18.2 Å². The Morgan fingerprint density at radius 3 is 2.70 bits per heavy atom. The Morgan fingerprint density at radius 2 is 2.00 bits per heavy atom. The second-order valence-electron chi connectivity index (χ2n) is 5.13. The molecule has 20 heavy (non-hydrogen) atoms. The Hall–Kier alpha value is -1.62. The fourth-order valence-electron chi connectivity index (χ4n) is 2.29. The first-order valence-corrected chi connectivity index (χ1v) is 7.92. The standard InChI is InChI=1S/C15H17N3OS/c1-9-10(2)17-14-7-11(3-4-13(14)16-9)15(19)18-12-5-6-20-8-12/h3-4,7,12H,5-6,8H2,1-2H3,(H,18,19)/t12-/m0/s1. The van der Waals surface area contributed by atoms with Crippen LogP contribution in [0.3, 0.4) is 0 Å². The summed E-state index contributed by atoms with van der Waals surface area (Å²) in [6, 6.07) is 5.82. The molecule has 2 heterocycles. The van der Waals surface area contributed by atoms with Gasteiger partial charge in [-0.1, -0.05) is 0 Å². The van der Waals surface area contributed by atoms with Crippen molar-refractivity contribution in [2.24, 2.45) is 0 Å². The van der Waals surface area contributed by atoms with Crippen molar-refractivity contribution in [3.63, 3.8) is 0 Å². The van der Waals surface area contributed by atoms with Crippen LogP contribution in [0.25, 0.3) is 11.0 Å². The number of aryl methyl sites for hydroxylation is 2. The van der Waals surface area contributed by atoms with Gasteiger partial charge in [0.15, 0.2) is 0 Å². The summed E-state index contributed by atoms with van der Waals surface area (Å²) in [6.45, 7) is 3.88. The first-order valence-electron chi connectivity index (χ1n) is 6.77. The molecule has 1 fully saturated rings. The number of aromatic nitrogens is 2. The van der Waals surface area contributed by atoms with Crippen LogP contribution < -0.4 is 5.32 Å². The van der Waals surface area contributed by atoms with Gasteiger partial charge in [-0.2, -0.15) is 11.8 Å². The highest BCUT2D eigenvalue weighted by atomic mass is 32.2. The number of carbonyl (C=O) groups excluding carboxylic acids is 1. The summed E-state index contributed by atoms with van der Waals surface area (Å²) < 4.78 is 0. The molecule has 1 aliphatic heterocycles. The lowest BCUT2D eigenvalue weighted by Gasteiger charge is -2.11. The number of amides is 1. The minimum absolute atomic E-state index is 0.0144. The molecule has 0 bridgehead atoms. The molecule has 0 radical (unpaired) electrons. The first kappa shape index (κ1) is 13.4. The molecule has 1 amide bonds. The summed E-state index contributed by atoms with van der Waals surface area (Å²) in [4.78, 5) is 21.2. The zero-order chi connectivity index (χ0) is 14.1. The second kappa shape index (κ2) is 5.40. The van der Waals surface area contributed by atoms with Crippen molar-refractivity contribution in [3.8, 4) is 0 Å². The predicted octanol–water partition coefficient (Wildman–Crippen LogP) is 2.48. The lowest BCUT2D eigenvalue weighted by Crippen LogP contribution is -2.34. The third-order valence-electron chi connectivity index (χ3n) is 3.60. The molecule has 1 N–H and O–H groups in total. The molecular formula is C15H17N3OS. The molecule has 104 valence electrons. The number of hydrogen-bond donors (Lipinski definition) is 1. The van der Waals surface area contributed by atoms with E-state index in [-0.39, 0.29) is 5.91 Å². The van der Waals surface area contributed by atoms with Crippen molar-refractivity contribution >= 4 is 28.7 Å². The minimum atomic E-state index is -0.0144. The summed E-state index contributed by atoms with van der Waals surface area (Å²) in [5.74, 6) is 2.13. The topological polar surface area (TPSA) is 54.9 Å². The molecule has 0 spiro atoms. The van der Waals surface area contributed by atoms with Crippen LogP contribution in [-0.4, -0.2) is 33.4 Å². The predicted molar refractivity (Wildman–Crippen MR) is 82.2 cm³/mol. The fraction of sp³-hybridized carbons (Fsp3) is 0.400. The van der Waals surface area contributed by atoms with Gasteiger partial charge in [0, 0.05) is 17.4 Å². The van der Waals surface area contributed by atoms with Gasteiger partial charge in [-0.3, -0.25) is 4.79 Å². The molecule has 2 aromatic rings. The first-order chi connectivity index (χ1) is 9.63. The van der Waals surface area contributed by atoms with Gasteiger partial charge in [0.1, 0.15) is 0 Å². The SMILES string of the molecule is Cc1nc2ccc(C(=O)N[C@H]3CCSC3)cc2nc1C. The van der Waals surface area contributed by atoms with E-state index in [0.29, 0.717) is 11.6 Å². The Morgan fingerprint density at radius 1 is 1.25 bits per heavy atom. The number of benzene rings is 1. The van der Waals surface area contributed by atoms with Gasteiger partial charge in [-0.25, -0.2) is 9.97 Å². The van der Waals surface area contributed by atoms with E-state index in [1.54, 1.807) is 0 Å². The number of rotatable bonds is 2. The van der Waals surface area contributed by atoms with Crippen molar-refractivity contribution in [1.29, 1.82) is 0 Å². The molecule has 5 heteroatoms. The Labute approximate surface area is 122 Å². The number of nitrogens with one attached hydrogen (secondary N) is 1. The minimum Gasteiger partial charge on any atom is -0.348 e. The lowest BCUT2D eigenvalue weighted by molar-refractivity contribution is 0.0941. The average Bonchev–Trinajstić information content (AvgIpc) is 2.92. The second-order valence-corrected chi connectivity index (χ2v) is 6.28. The summed E-state index contributed by atoms with van der Waals surface area (Å²) in [5, 5.41) is 3.08. The van der Waals surface area contributed by atoms with Crippen LogP contribution in [0, 0.1) is 13.8 Å². The van der Waals surface area contributed by atoms with Crippen molar-refractivity contribution in [2.75, 3.05) is 11.5 Å². The third-order valence-corrected chi connectivity index (χ3v) is 4.76. The molecule has 0 unspecified atom stereocenters. The summed E-state index contributed by atoms with van der Waals surface area (Å²) in [6.07, 6.45) is 1.06. The maximum atomic E-state index is 12.2. The molecule has 1 aromatic heterocycles. The quantitative estimate of drug-likeness (QED) is 0.922. The molecule has 0 aliphatic carbocycles. The summed E-state index contributed by atoms with van der Waals surface area (Å²) in [7, 11) is 0. The Balaban J connectivity index is 1.87. The van der Waals surface area contributed by atoms with Crippen LogP contribution in [0.5, 0.6) is 0 Å². The monoisotopic (exact) mass is 287 g/mol. The number of thioether (sulfide) groups is 1. The molecule has 1 aliphatic rings. The highest BCUT2D eigenvalue weighted by molar-refractivity contribution is 7.99. The molecular weight excluding hydrogens is 270 g/mol. The maximum Gasteiger partial charge on any atom is 0.251 e. The van der Waals surface area contributed by atoms with Gasteiger partial charge in [0.2, 0.25) is 0 Å². The lowest BCUT2D eigenvalue weighted by atomic mass is 10.1. The van der Waals surface area contributed by atoms with E-state index in [9.17, 15) is 4.79 Å². The molecule has 4 nitrogen and oxygen atoms in total. The highest BCUT2D eigenvalue weighted by Crippen LogP contribution is 2.18. The van der Waals surface area contributed by atoms with Gasteiger partial charge in [-0.15, -0.1) is 0 Å². The van der Waals surface area contributed by atoms with Gasteiger partial charge in [-0.05, 0) is 44.2 Å². The highest BCUT2D eigenvalue weighted by Gasteiger charge is 2.18. The number of fused-ring (bicyclic) bond motifs is 1. The van der Waals surface area contributed by atoms with Crippen molar-refractivity contribution < 1.29 is 4.79 Å². The Bertz CT molecular complexity index is 665. The van der Waals surface area contributed by atoms with Crippen molar-refractivity contribution in [3.05, 3.63) is 35.2 Å². The van der Waals surface area contributed by atoms with E-state index in [4.69, 9.17) is 0 Å². The van der Waals surface area contributed by atoms with Crippen molar-refractivity contribution in [2.45, 2.75) is 26.3 Å². The van der Waals surface area contributed by atoms with E-state index in [1.165, 1.54) is 0 Å². The molecule has 1 saturated heterocycles. The normalized spacial score (nSPS) is 18.4. The fourth-order valence-corrected chi connectivity index (χ4v) is 3.44. The number of carbonyl (C=O) groups is 1.